The molecule has 0 bridgehead atoms. The van der Waals surface area contributed by atoms with E-state index in [1.807, 2.05) is 0 Å². The molecule has 0 saturated heterocycles. The number of nitrogens with one attached hydrogen (secondary N) is 1. The molecule has 0 spiro atoms. The Balaban J connectivity index is 2.85. The molecular weight excluding hydrogens is 372 g/mol. The monoisotopic (exact) mass is 396 g/mol. The normalized spacial score (nSPS) is 13.6. The van der Waals surface area contributed by atoms with Gasteiger partial charge in [-0.3, -0.25) is 14.5 Å². The molecule has 1 rings (SSSR count). The Bertz CT molecular complexity index is 667. The maximum absolute atomic E-state index is 12.4. The molecule has 2 amide bonds. The van der Waals surface area contributed by atoms with Crippen LogP contribution in [0.4, 0.5) is 4.79 Å². The van der Waals surface area contributed by atoms with Crippen LogP contribution in [-0.2, 0) is 30.5 Å². The molecule has 0 aromatic heterocycles. The van der Waals surface area contributed by atoms with Gasteiger partial charge in [0.1, 0.15) is 19.3 Å². The zero-order chi connectivity index (χ0) is 21.1. The molecule has 154 valence electrons. The second kappa shape index (κ2) is 11.7. The van der Waals surface area contributed by atoms with Crippen LogP contribution in [0.3, 0.4) is 0 Å². The summed E-state index contributed by atoms with van der Waals surface area (Å²) in [7, 11) is 1.13. The van der Waals surface area contributed by atoms with Crippen LogP contribution in [0.1, 0.15) is 12.5 Å². The fraction of sp³-hybridized carbons (Fsp3) is 0.444. The van der Waals surface area contributed by atoms with E-state index >= 15 is 0 Å². The van der Waals surface area contributed by atoms with Gasteiger partial charge in [-0.15, -0.1) is 0 Å². The van der Waals surface area contributed by atoms with E-state index in [0.29, 0.717) is 5.56 Å². The summed E-state index contributed by atoms with van der Waals surface area (Å²) in [4.78, 5) is 46.9. The Morgan fingerprint density at radius 1 is 1.21 bits per heavy atom. The molecule has 3 N–H and O–H groups in total. The van der Waals surface area contributed by atoms with Crippen LogP contribution in [0.5, 0.6) is 0 Å². The van der Waals surface area contributed by atoms with E-state index in [4.69, 9.17) is 4.74 Å². The topological polar surface area (TPSA) is 142 Å². The molecule has 3 unspecified atom stereocenters. The predicted molar refractivity (Wildman–Crippen MR) is 95.9 cm³/mol. The third-order valence-corrected chi connectivity index (χ3v) is 3.71. The van der Waals surface area contributed by atoms with E-state index in [2.05, 4.69) is 10.1 Å². The number of aliphatic hydroxyl groups is 2. The van der Waals surface area contributed by atoms with Gasteiger partial charge >= 0.3 is 12.1 Å². The van der Waals surface area contributed by atoms with Crippen molar-refractivity contribution in [1.29, 1.82) is 0 Å². The molecule has 0 fully saturated rings. The van der Waals surface area contributed by atoms with Gasteiger partial charge in [0.25, 0.3) is 0 Å². The highest BCUT2D eigenvalue weighted by Crippen LogP contribution is 2.07. The lowest BCUT2D eigenvalue weighted by Crippen LogP contribution is -2.55. The van der Waals surface area contributed by atoms with Crippen molar-refractivity contribution in [3.8, 4) is 0 Å². The van der Waals surface area contributed by atoms with Crippen molar-refractivity contribution in [3.05, 3.63) is 35.9 Å². The van der Waals surface area contributed by atoms with E-state index in [-0.39, 0.29) is 12.9 Å². The maximum atomic E-state index is 12.4. The quantitative estimate of drug-likeness (QED) is 0.345. The molecule has 0 heterocycles. The number of nitrogens with zero attached hydrogens (tertiary/aromatic N) is 1. The average Bonchev–Trinajstić information content (AvgIpc) is 2.69. The highest BCUT2D eigenvalue weighted by atomic mass is 16.6. The zero-order valence-electron chi connectivity index (χ0n) is 15.6. The summed E-state index contributed by atoms with van der Waals surface area (Å²) in [5, 5.41) is 22.2. The molecule has 0 aliphatic rings. The van der Waals surface area contributed by atoms with E-state index in [1.165, 1.54) is 0 Å². The number of rotatable bonds is 10. The number of benzene rings is 1. The maximum Gasteiger partial charge on any atom is 0.410 e. The average molecular weight is 396 g/mol. The lowest BCUT2D eigenvalue weighted by atomic mass is 10.0. The van der Waals surface area contributed by atoms with Gasteiger partial charge in [0.05, 0.1) is 25.8 Å². The van der Waals surface area contributed by atoms with Crippen molar-refractivity contribution in [2.75, 3.05) is 20.2 Å². The molecular formula is C18H24N2O8. The number of aldehydes is 1. The zero-order valence-corrected chi connectivity index (χ0v) is 15.6. The summed E-state index contributed by atoms with van der Waals surface area (Å²) in [6, 6.07) is 7.42. The number of carbonyl (C=O) groups is 4. The van der Waals surface area contributed by atoms with Crippen LogP contribution in [0.25, 0.3) is 0 Å². The van der Waals surface area contributed by atoms with Crippen molar-refractivity contribution >= 4 is 24.3 Å². The van der Waals surface area contributed by atoms with E-state index in [0.717, 1.165) is 18.9 Å². The second-order valence-electron chi connectivity index (χ2n) is 5.92. The highest BCUT2D eigenvalue weighted by Gasteiger charge is 2.31. The third kappa shape index (κ3) is 7.72. The van der Waals surface area contributed by atoms with Crippen molar-refractivity contribution in [2.24, 2.45) is 0 Å². The number of hydrogen-bond donors (Lipinski definition) is 3. The van der Waals surface area contributed by atoms with E-state index in [1.54, 1.807) is 30.3 Å². The lowest BCUT2D eigenvalue weighted by Gasteiger charge is -2.29. The summed E-state index contributed by atoms with van der Waals surface area (Å²) in [6.07, 6.45) is -4.05. The van der Waals surface area contributed by atoms with Gasteiger partial charge in [0, 0.05) is 6.92 Å². The number of aliphatic hydroxyl groups excluding tert-OH is 2. The Labute approximate surface area is 162 Å². The minimum atomic E-state index is -1.71. The van der Waals surface area contributed by atoms with Crippen molar-refractivity contribution in [1.82, 2.24) is 10.2 Å². The van der Waals surface area contributed by atoms with Crippen LogP contribution >= 0.6 is 0 Å². The Hall–Kier alpha value is -2.98. The third-order valence-electron chi connectivity index (χ3n) is 3.71. The molecule has 0 saturated carbocycles. The molecule has 3 atom stereocenters. The Kier molecular flexibility index (Phi) is 9.61. The first-order valence-electron chi connectivity index (χ1n) is 8.39. The molecule has 1 aromatic carbocycles. The van der Waals surface area contributed by atoms with Crippen LogP contribution < -0.4 is 5.32 Å². The van der Waals surface area contributed by atoms with Crippen LogP contribution in [-0.4, -0.2) is 77.8 Å². The fourth-order valence-corrected chi connectivity index (χ4v) is 2.30. The van der Waals surface area contributed by atoms with Gasteiger partial charge in [0.2, 0.25) is 5.91 Å². The summed E-state index contributed by atoms with van der Waals surface area (Å²) in [6.45, 7) is 0.0286. The number of ether oxygens (including phenoxy) is 2. The van der Waals surface area contributed by atoms with Gasteiger partial charge in [-0.25, -0.2) is 4.79 Å². The Morgan fingerprint density at radius 2 is 1.86 bits per heavy atom. The van der Waals surface area contributed by atoms with Crippen molar-refractivity contribution in [3.63, 3.8) is 0 Å². The first kappa shape index (κ1) is 23.1. The molecule has 1 aromatic rings. The smallest absolute Gasteiger partial charge is 0.410 e. The minimum Gasteiger partial charge on any atom is -0.468 e. The van der Waals surface area contributed by atoms with Crippen LogP contribution in [0, 0.1) is 0 Å². The van der Waals surface area contributed by atoms with Crippen molar-refractivity contribution < 1.29 is 38.9 Å². The van der Waals surface area contributed by atoms with E-state index < -0.39 is 49.3 Å². The molecule has 0 aliphatic carbocycles. The molecule has 0 aliphatic heterocycles. The number of esters is 1. The number of carbonyl (C=O) groups excluding carboxylic acids is 4. The van der Waals surface area contributed by atoms with Gasteiger partial charge < -0.3 is 29.8 Å². The van der Waals surface area contributed by atoms with Gasteiger partial charge in [-0.1, -0.05) is 30.3 Å². The molecule has 10 heteroatoms. The Morgan fingerprint density at radius 3 is 2.39 bits per heavy atom. The summed E-state index contributed by atoms with van der Waals surface area (Å²) < 4.78 is 9.66. The van der Waals surface area contributed by atoms with E-state index in [9.17, 15) is 29.4 Å². The summed E-state index contributed by atoms with van der Waals surface area (Å²) in [5.41, 5.74) is 0.710. The standard InChI is InChI=1S/C18H24N2O8/c1-12(22)19-17(15(24)10-21)14(23)8-20(9-16(25)27-2)18(26)28-11-13-6-4-3-5-7-13/h3-7,10,14-15,17,23-24H,8-9,11H2,1-2H3,(H,19,22). The molecule has 10 nitrogen and oxygen atoms in total. The molecule has 0 radical (unpaired) electrons. The first-order chi connectivity index (χ1) is 13.3. The van der Waals surface area contributed by atoms with Gasteiger partial charge in [-0.05, 0) is 5.56 Å². The highest BCUT2D eigenvalue weighted by molar-refractivity contribution is 5.78. The van der Waals surface area contributed by atoms with Crippen molar-refractivity contribution in [2.45, 2.75) is 31.8 Å². The lowest BCUT2D eigenvalue weighted by molar-refractivity contribution is -0.142. The second-order valence-corrected chi connectivity index (χ2v) is 5.92. The largest absolute Gasteiger partial charge is 0.468 e. The molecule has 28 heavy (non-hydrogen) atoms. The number of hydrogen-bond acceptors (Lipinski definition) is 8. The van der Waals surface area contributed by atoms with Gasteiger partial charge in [0.15, 0.2) is 6.29 Å². The van der Waals surface area contributed by atoms with Crippen LogP contribution in [0.2, 0.25) is 0 Å². The minimum absolute atomic E-state index is 0.0699. The van der Waals surface area contributed by atoms with Crippen LogP contribution in [0.15, 0.2) is 30.3 Å². The SMILES string of the molecule is COC(=O)CN(CC(O)C(NC(C)=O)C(O)C=O)C(=O)OCc1ccccc1. The summed E-state index contributed by atoms with van der Waals surface area (Å²) in [5.74, 6) is -1.37. The predicted octanol–water partition coefficient (Wildman–Crippen LogP) is -0.776. The first-order valence-corrected chi connectivity index (χ1v) is 8.39. The number of methoxy groups -OCH3 is 1. The number of amides is 2. The fourth-order valence-electron chi connectivity index (χ4n) is 2.30. The summed E-state index contributed by atoms with van der Waals surface area (Å²) >= 11 is 0. The van der Waals surface area contributed by atoms with Gasteiger partial charge in [-0.2, -0.15) is 0 Å².